The van der Waals surface area contributed by atoms with Crippen LogP contribution in [0.2, 0.25) is 0 Å². The van der Waals surface area contributed by atoms with Crippen molar-refractivity contribution < 1.29 is 0 Å². The molecule has 270 valence electrons. The van der Waals surface area contributed by atoms with Crippen molar-refractivity contribution in [2.75, 3.05) is 0 Å². The number of pyridine rings is 8. The highest BCUT2D eigenvalue weighted by Crippen LogP contribution is 2.17. The fraction of sp³-hybridized carbons (Fsp3) is 0. The van der Waals surface area contributed by atoms with Gasteiger partial charge >= 0.3 is 0 Å². The zero-order chi connectivity index (χ0) is 38.3. The van der Waals surface area contributed by atoms with E-state index in [1.165, 1.54) is 27.3 Å². The van der Waals surface area contributed by atoms with E-state index in [4.69, 9.17) is 0 Å². The minimum atomic E-state index is 0.915. The van der Waals surface area contributed by atoms with Crippen LogP contribution in [0, 0.1) is 0 Å². The molecular formula is C48H38N8. The van der Waals surface area contributed by atoms with Gasteiger partial charge in [0.25, 0.3) is 0 Å². The summed E-state index contributed by atoms with van der Waals surface area (Å²) >= 11 is 0. The topological polar surface area (TPSA) is 103 Å². The summed E-state index contributed by atoms with van der Waals surface area (Å²) in [6.45, 7) is 0. The quantitative estimate of drug-likeness (QED) is 0.177. The third-order valence-corrected chi connectivity index (χ3v) is 8.00. The first kappa shape index (κ1) is 37.9. The summed E-state index contributed by atoms with van der Waals surface area (Å²) in [5, 5.41) is 3.65. The van der Waals surface area contributed by atoms with Gasteiger partial charge in [-0.3, -0.25) is 39.9 Å². The molecule has 2 aromatic carbocycles. The molecule has 8 heterocycles. The van der Waals surface area contributed by atoms with Crippen LogP contribution in [0.15, 0.2) is 232 Å². The molecule has 0 spiro atoms. The van der Waals surface area contributed by atoms with Gasteiger partial charge in [-0.05, 0) is 101 Å². The summed E-state index contributed by atoms with van der Waals surface area (Å²) in [6.07, 6.45) is 23.4. The van der Waals surface area contributed by atoms with Crippen molar-refractivity contribution in [2.45, 2.75) is 0 Å². The van der Waals surface area contributed by atoms with Crippen LogP contribution in [-0.2, 0) is 0 Å². The highest BCUT2D eigenvalue weighted by atomic mass is 14.8. The lowest BCUT2D eigenvalue weighted by molar-refractivity contribution is 1.25. The van der Waals surface area contributed by atoms with Gasteiger partial charge in [0.1, 0.15) is 0 Å². The molecule has 0 aliphatic carbocycles. The van der Waals surface area contributed by atoms with Gasteiger partial charge in [-0.2, -0.15) is 0 Å². The number of nitrogens with zero attached hydrogens (tertiary/aromatic N) is 8. The Morgan fingerprint density at radius 3 is 1.18 bits per heavy atom. The van der Waals surface area contributed by atoms with Crippen LogP contribution in [-0.4, -0.2) is 39.9 Å². The molecule has 0 fully saturated rings. The van der Waals surface area contributed by atoms with E-state index < -0.39 is 0 Å². The van der Waals surface area contributed by atoms with E-state index in [2.05, 4.69) is 64.1 Å². The predicted molar refractivity (Wildman–Crippen MR) is 226 cm³/mol. The third-order valence-electron chi connectivity index (χ3n) is 8.00. The second kappa shape index (κ2) is 21.6. The molecule has 10 aromatic rings. The Hall–Kier alpha value is -7.84. The molecule has 0 N–H and O–H groups in total. The maximum Gasteiger partial charge on any atom is 0.0886 e. The maximum absolute atomic E-state index is 4.19. The van der Waals surface area contributed by atoms with Crippen molar-refractivity contribution in [1.82, 2.24) is 39.9 Å². The molecule has 8 aromatic heterocycles. The molecule has 0 radical (unpaired) electrons. The summed E-state index contributed by atoms with van der Waals surface area (Å²) < 4.78 is 0. The number of fused-ring (bicyclic) bond motifs is 2. The van der Waals surface area contributed by atoms with Crippen LogP contribution in [0.3, 0.4) is 0 Å². The van der Waals surface area contributed by atoms with Crippen LogP contribution in [0.4, 0.5) is 0 Å². The van der Waals surface area contributed by atoms with Crippen molar-refractivity contribution in [2.24, 2.45) is 0 Å². The molecular weight excluding hydrogens is 689 g/mol. The lowest BCUT2D eigenvalue weighted by Gasteiger charge is -1.97. The Morgan fingerprint density at radius 1 is 0.232 bits per heavy atom. The maximum atomic E-state index is 4.19. The number of aromatic nitrogens is 8. The van der Waals surface area contributed by atoms with E-state index in [1.807, 2.05) is 158 Å². The molecule has 56 heavy (non-hydrogen) atoms. The van der Waals surface area contributed by atoms with Crippen LogP contribution in [0.25, 0.3) is 55.3 Å². The van der Waals surface area contributed by atoms with Crippen molar-refractivity contribution in [3.05, 3.63) is 232 Å². The Bertz CT molecular complexity index is 2070. The van der Waals surface area contributed by atoms with E-state index in [0.717, 1.165) is 28.0 Å². The summed E-state index contributed by atoms with van der Waals surface area (Å²) in [6, 6.07) is 49.7. The monoisotopic (exact) mass is 726 g/mol. The highest BCUT2D eigenvalue weighted by molar-refractivity contribution is 5.81. The van der Waals surface area contributed by atoms with Crippen molar-refractivity contribution in [3.8, 4) is 33.6 Å². The first-order valence-corrected chi connectivity index (χ1v) is 17.9. The highest BCUT2D eigenvalue weighted by Gasteiger charge is 1.96. The second-order valence-electron chi connectivity index (χ2n) is 11.8. The van der Waals surface area contributed by atoms with Crippen molar-refractivity contribution >= 4 is 21.7 Å². The molecule has 0 amide bonds. The Morgan fingerprint density at radius 2 is 0.679 bits per heavy atom. The molecule has 8 heteroatoms. The summed E-state index contributed by atoms with van der Waals surface area (Å²) in [5.41, 5.74) is 7.44. The largest absolute Gasteiger partial charge is 0.265 e. The fourth-order valence-corrected chi connectivity index (χ4v) is 5.23. The minimum absolute atomic E-state index is 0.915. The summed E-state index contributed by atoms with van der Waals surface area (Å²) in [7, 11) is 0. The van der Waals surface area contributed by atoms with Crippen LogP contribution < -0.4 is 0 Å². The van der Waals surface area contributed by atoms with Crippen LogP contribution in [0.1, 0.15) is 0 Å². The van der Waals surface area contributed by atoms with Gasteiger partial charge in [-0.1, -0.05) is 72.8 Å². The average molecular weight is 727 g/mol. The standard InChI is InChI=1S/3C10H8N2.2C9H7N/c1-5-11-6-2-9(1)10-3-7-12-8-4-10;1-3-9(7-11-5-1)10-4-2-6-12-8-10;1-3-7-11-9(5-1)10-6-2-4-8-12-10;1-2-6-9-8(4-1)5-3-7-10-9;1-2-4-9-7-10-6-5-8(9)3-1/h3*1-8H;2*1-7H. The Kier molecular flexibility index (Phi) is 14.6. The summed E-state index contributed by atoms with van der Waals surface area (Å²) in [5.74, 6) is 0. The summed E-state index contributed by atoms with van der Waals surface area (Å²) in [4.78, 5) is 32.5. The molecule has 0 aliphatic rings. The molecule has 10 rings (SSSR count). The normalized spacial score (nSPS) is 9.79. The van der Waals surface area contributed by atoms with Crippen LogP contribution in [0.5, 0.6) is 0 Å². The zero-order valence-corrected chi connectivity index (χ0v) is 30.5. The van der Waals surface area contributed by atoms with Gasteiger partial charge in [0.05, 0.1) is 16.9 Å². The zero-order valence-electron chi connectivity index (χ0n) is 30.5. The van der Waals surface area contributed by atoms with Crippen molar-refractivity contribution in [3.63, 3.8) is 0 Å². The van der Waals surface area contributed by atoms with Gasteiger partial charge in [0.15, 0.2) is 0 Å². The average Bonchev–Trinajstić information content (AvgIpc) is 3.32. The van der Waals surface area contributed by atoms with Gasteiger partial charge in [-0.25, -0.2) is 0 Å². The Labute approximate surface area is 326 Å². The lowest BCUT2D eigenvalue weighted by atomic mass is 10.1. The first-order chi connectivity index (χ1) is 27.8. The molecule has 0 bridgehead atoms. The number of rotatable bonds is 3. The van der Waals surface area contributed by atoms with Gasteiger partial charge in [0.2, 0.25) is 0 Å². The molecule has 8 nitrogen and oxygen atoms in total. The molecule has 0 saturated heterocycles. The number of hydrogen-bond donors (Lipinski definition) is 0. The second-order valence-corrected chi connectivity index (χ2v) is 11.8. The van der Waals surface area contributed by atoms with Crippen molar-refractivity contribution in [1.29, 1.82) is 0 Å². The smallest absolute Gasteiger partial charge is 0.0886 e. The van der Waals surface area contributed by atoms with Crippen LogP contribution >= 0.6 is 0 Å². The van der Waals surface area contributed by atoms with E-state index in [1.54, 1.807) is 49.6 Å². The number of hydrogen-bond acceptors (Lipinski definition) is 8. The molecule has 0 unspecified atom stereocenters. The van der Waals surface area contributed by atoms with E-state index in [0.29, 0.717) is 0 Å². The molecule has 0 atom stereocenters. The minimum Gasteiger partial charge on any atom is -0.265 e. The number of benzene rings is 2. The lowest BCUT2D eigenvalue weighted by Crippen LogP contribution is -1.83. The van der Waals surface area contributed by atoms with Gasteiger partial charge in [-0.15, -0.1) is 0 Å². The van der Waals surface area contributed by atoms with E-state index in [9.17, 15) is 0 Å². The van der Waals surface area contributed by atoms with Gasteiger partial charge in [0, 0.05) is 97.1 Å². The van der Waals surface area contributed by atoms with Gasteiger partial charge < -0.3 is 0 Å². The SMILES string of the molecule is c1cc(-c2ccncc2)ccn1.c1ccc(-c2ccccn2)nc1.c1ccc2cnccc2c1.c1ccc2ncccc2c1.c1cncc(-c2cccnc2)c1. The Balaban J connectivity index is 0.000000119. The molecule has 0 aliphatic heterocycles. The number of para-hydroxylation sites is 1. The predicted octanol–water partition coefficient (Wildman–Crippen LogP) is 10.9. The fourth-order valence-electron chi connectivity index (χ4n) is 5.23. The third kappa shape index (κ3) is 12.1. The van der Waals surface area contributed by atoms with E-state index in [-0.39, 0.29) is 0 Å². The molecule has 0 saturated carbocycles. The van der Waals surface area contributed by atoms with E-state index >= 15 is 0 Å². The first-order valence-electron chi connectivity index (χ1n) is 17.9.